The Kier molecular flexibility index (Phi) is 20.5. The fraction of sp³-hybridized carbons (Fsp3) is 0.568. The molecule has 0 unspecified atom stereocenters. The summed E-state index contributed by atoms with van der Waals surface area (Å²) in [6.07, 6.45) is 3.37. The number of nitrogens with zero attached hydrogens (tertiary/aromatic N) is 1. The van der Waals surface area contributed by atoms with Gasteiger partial charge in [0.05, 0.1) is 18.1 Å². The molecule has 0 aliphatic carbocycles. The molecule has 3 rings (SSSR count). The van der Waals surface area contributed by atoms with Gasteiger partial charge in [0, 0.05) is 54.6 Å². The standard InChI is InChI=1S/C44H62ClN5O8/c1-28(42(56)37(52)11-9-23-50-21-7-4-8-22-50)24-39(54)36(10-5-6-20-46)48-43(57)29(2)25-40(55)41(30(3)51)49-44(58)34(27-47)26-38(53)33-14-12-31(13-15-33)32-16-18-35(45)19-17-32/h12-19,28-30,34,36,41,51H,4-11,20-27,46-47H2,1-3H3,(H,48,57)(H,49,58)/t28-,29-,30-,34+,36+,41+/m1/s1. The van der Waals surface area contributed by atoms with Crippen LogP contribution in [0.4, 0.5) is 0 Å². The molecule has 1 fully saturated rings. The molecule has 1 aliphatic heterocycles. The number of aliphatic hydroxyl groups is 1. The number of hydrogen-bond acceptors (Lipinski definition) is 11. The fourth-order valence-corrected chi connectivity index (χ4v) is 7.21. The number of nitrogens with one attached hydrogen (secondary N) is 2. The molecular weight excluding hydrogens is 762 g/mol. The molecule has 13 nitrogen and oxygen atoms in total. The molecule has 6 atom stereocenters. The van der Waals surface area contributed by atoms with Gasteiger partial charge in [-0.3, -0.25) is 33.6 Å². The van der Waals surface area contributed by atoms with E-state index in [1.807, 2.05) is 12.1 Å². The van der Waals surface area contributed by atoms with Crippen LogP contribution in [0.3, 0.4) is 0 Å². The first-order valence-corrected chi connectivity index (χ1v) is 21.0. The quantitative estimate of drug-likeness (QED) is 0.0514. The summed E-state index contributed by atoms with van der Waals surface area (Å²) in [6, 6.07) is 11.8. The Balaban J connectivity index is 1.55. The number of Topliss-reactive ketones (excluding diaryl/α,β-unsaturated/α-hetero) is 5. The van der Waals surface area contributed by atoms with Crippen LogP contribution in [0.2, 0.25) is 5.02 Å². The molecule has 0 radical (unpaired) electrons. The second-order valence-electron chi connectivity index (χ2n) is 15.7. The number of nitrogens with two attached hydrogens (primary N) is 2. The summed E-state index contributed by atoms with van der Waals surface area (Å²) in [6.45, 7) is 7.29. The van der Waals surface area contributed by atoms with Crippen molar-refractivity contribution >= 4 is 52.3 Å². The first kappa shape index (κ1) is 48.2. The average molecular weight is 824 g/mol. The zero-order chi connectivity index (χ0) is 42.8. The highest BCUT2D eigenvalue weighted by Crippen LogP contribution is 2.23. The van der Waals surface area contributed by atoms with Crippen LogP contribution in [0.25, 0.3) is 11.1 Å². The van der Waals surface area contributed by atoms with Crippen LogP contribution < -0.4 is 22.1 Å². The zero-order valence-corrected chi connectivity index (χ0v) is 34.9. The van der Waals surface area contributed by atoms with Gasteiger partial charge in [-0.25, -0.2) is 0 Å². The van der Waals surface area contributed by atoms with Gasteiger partial charge in [-0.15, -0.1) is 0 Å². The summed E-state index contributed by atoms with van der Waals surface area (Å²) in [5.41, 5.74) is 13.7. The molecule has 0 spiro atoms. The van der Waals surface area contributed by atoms with E-state index in [9.17, 15) is 38.7 Å². The molecule has 0 aromatic heterocycles. The van der Waals surface area contributed by atoms with E-state index in [4.69, 9.17) is 23.1 Å². The van der Waals surface area contributed by atoms with Gasteiger partial charge >= 0.3 is 0 Å². The Morgan fingerprint density at radius 1 is 0.741 bits per heavy atom. The summed E-state index contributed by atoms with van der Waals surface area (Å²) in [7, 11) is 0. The minimum absolute atomic E-state index is 0.121. The van der Waals surface area contributed by atoms with Gasteiger partial charge in [-0.1, -0.05) is 68.3 Å². The Bertz CT molecular complexity index is 1690. The van der Waals surface area contributed by atoms with Crippen LogP contribution in [0, 0.1) is 17.8 Å². The van der Waals surface area contributed by atoms with Crippen molar-refractivity contribution in [2.75, 3.05) is 32.7 Å². The number of likely N-dealkylation sites (tertiary alicyclic amines) is 1. The van der Waals surface area contributed by atoms with E-state index in [2.05, 4.69) is 15.5 Å². The van der Waals surface area contributed by atoms with Gasteiger partial charge in [0.15, 0.2) is 23.1 Å². The molecule has 0 saturated carbocycles. The number of hydrogen-bond donors (Lipinski definition) is 5. The minimum Gasteiger partial charge on any atom is -0.391 e. The van der Waals surface area contributed by atoms with Crippen LogP contribution in [-0.2, 0) is 28.8 Å². The number of aliphatic hydroxyl groups excluding tert-OH is 1. The van der Waals surface area contributed by atoms with Crippen LogP contribution in [0.5, 0.6) is 0 Å². The molecule has 318 valence electrons. The average Bonchev–Trinajstić information content (AvgIpc) is 3.21. The normalized spacial score (nSPS) is 16.3. The summed E-state index contributed by atoms with van der Waals surface area (Å²) in [5.74, 6) is -6.58. The molecule has 58 heavy (non-hydrogen) atoms. The van der Waals surface area contributed by atoms with Gasteiger partial charge in [0.25, 0.3) is 0 Å². The summed E-state index contributed by atoms with van der Waals surface area (Å²) < 4.78 is 0. The number of amides is 2. The number of carbonyl (C=O) groups is 7. The lowest BCUT2D eigenvalue weighted by molar-refractivity contribution is -0.140. The van der Waals surface area contributed by atoms with Gasteiger partial charge in [0.2, 0.25) is 17.6 Å². The number of halogens is 1. The number of benzene rings is 2. The Morgan fingerprint density at radius 2 is 1.34 bits per heavy atom. The van der Waals surface area contributed by atoms with Crippen molar-refractivity contribution in [3.63, 3.8) is 0 Å². The molecule has 7 N–H and O–H groups in total. The number of rotatable bonds is 26. The predicted molar refractivity (Wildman–Crippen MR) is 224 cm³/mol. The van der Waals surface area contributed by atoms with Crippen LogP contribution >= 0.6 is 11.6 Å². The molecule has 2 amide bonds. The minimum atomic E-state index is -1.39. The molecule has 0 bridgehead atoms. The summed E-state index contributed by atoms with van der Waals surface area (Å²) >= 11 is 5.98. The molecule has 1 aliphatic rings. The SMILES string of the molecule is C[C@H](CC(=O)[C@@H](NC(=O)[C@H](CN)CC(=O)c1ccc(-c2ccc(Cl)cc2)cc1)[C@@H](C)O)C(=O)N[C@@H](CCCCN)C(=O)C[C@@H](C)C(=O)C(=O)CCCN1CCCCC1. The Morgan fingerprint density at radius 3 is 1.93 bits per heavy atom. The Hall–Kier alpha value is -4.14. The third-order valence-electron chi connectivity index (χ3n) is 10.8. The van der Waals surface area contributed by atoms with E-state index in [0.717, 1.165) is 43.6 Å². The van der Waals surface area contributed by atoms with E-state index in [1.54, 1.807) is 43.3 Å². The molecule has 2 aromatic rings. The third kappa shape index (κ3) is 15.6. The number of unbranched alkanes of at least 4 members (excludes halogenated alkanes) is 1. The lowest BCUT2D eigenvalue weighted by Crippen LogP contribution is -2.51. The summed E-state index contributed by atoms with van der Waals surface area (Å²) in [5, 5.41) is 16.3. The maximum atomic E-state index is 13.4. The first-order valence-electron chi connectivity index (χ1n) is 20.6. The second kappa shape index (κ2) is 24.7. The monoisotopic (exact) mass is 823 g/mol. The van der Waals surface area contributed by atoms with Crippen molar-refractivity contribution in [3.8, 4) is 11.1 Å². The van der Waals surface area contributed by atoms with Crippen molar-refractivity contribution in [1.29, 1.82) is 0 Å². The second-order valence-corrected chi connectivity index (χ2v) is 16.1. The first-order chi connectivity index (χ1) is 27.6. The number of ketones is 5. The molecule has 14 heteroatoms. The fourth-order valence-electron chi connectivity index (χ4n) is 7.08. The maximum Gasteiger partial charge on any atom is 0.225 e. The lowest BCUT2D eigenvalue weighted by atomic mass is 9.90. The van der Waals surface area contributed by atoms with Crippen molar-refractivity contribution in [2.45, 2.75) is 110 Å². The molecular formula is C44H62ClN5O8. The zero-order valence-electron chi connectivity index (χ0n) is 34.2. The molecule has 1 heterocycles. The van der Waals surface area contributed by atoms with Crippen molar-refractivity contribution in [3.05, 3.63) is 59.1 Å². The van der Waals surface area contributed by atoms with Crippen molar-refractivity contribution < 1.29 is 38.7 Å². The van der Waals surface area contributed by atoms with E-state index in [1.165, 1.54) is 20.3 Å². The Labute approximate surface area is 347 Å². The van der Waals surface area contributed by atoms with E-state index in [0.29, 0.717) is 36.4 Å². The highest BCUT2D eigenvalue weighted by molar-refractivity contribution is 6.38. The summed E-state index contributed by atoms with van der Waals surface area (Å²) in [4.78, 5) is 94.5. The lowest BCUT2D eigenvalue weighted by Gasteiger charge is -2.26. The largest absolute Gasteiger partial charge is 0.391 e. The van der Waals surface area contributed by atoms with Crippen molar-refractivity contribution in [1.82, 2.24) is 15.5 Å². The van der Waals surface area contributed by atoms with Gasteiger partial charge in [-0.05, 0) is 94.9 Å². The number of carbonyl (C=O) groups excluding carboxylic acids is 7. The van der Waals surface area contributed by atoms with Gasteiger partial charge < -0.3 is 32.1 Å². The van der Waals surface area contributed by atoms with E-state index >= 15 is 0 Å². The highest BCUT2D eigenvalue weighted by Gasteiger charge is 2.33. The van der Waals surface area contributed by atoms with Gasteiger partial charge in [-0.2, -0.15) is 0 Å². The predicted octanol–water partition coefficient (Wildman–Crippen LogP) is 4.23. The van der Waals surface area contributed by atoms with Crippen molar-refractivity contribution in [2.24, 2.45) is 29.2 Å². The van der Waals surface area contributed by atoms with Gasteiger partial charge in [0.1, 0.15) is 6.04 Å². The smallest absolute Gasteiger partial charge is 0.225 e. The third-order valence-corrected chi connectivity index (χ3v) is 11.0. The van der Waals surface area contributed by atoms with Crippen LogP contribution in [0.15, 0.2) is 48.5 Å². The van der Waals surface area contributed by atoms with Crippen LogP contribution in [-0.4, -0.2) is 102 Å². The van der Waals surface area contributed by atoms with E-state index in [-0.39, 0.29) is 44.4 Å². The number of piperidine rings is 1. The molecule has 1 saturated heterocycles. The molecule has 2 aromatic carbocycles. The van der Waals surface area contributed by atoms with E-state index < -0.39 is 70.9 Å². The maximum absolute atomic E-state index is 13.4. The van der Waals surface area contributed by atoms with Crippen LogP contribution in [0.1, 0.15) is 102 Å². The highest BCUT2D eigenvalue weighted by atomic mass is 35.5. The topological polar surface area (TPSA) is 219 Å².